The van der Waals surface area contributed by atoms with Crippen molar-refractivity contribution in [3.05, 3.63) is 47.5 Å². The van der Waals surface area contributed by atoms with E-state index in [0.29, 0.717) is 17.3 Å². The lowest BCUT2D eigenvalue weighted by Crippen LogP contribution is -2.14. The van der Waals surface area contributed by atoms with Gasteiger partial charge >= 0.3 is 0 Å². The molecule has 0 radical (unpaired) electrons. The molecule has 3 rings (SSSR count). The van der Waals surface area contributed by atoms with Crippen molar-refractivity contribution in [2.75, 3.05) is 29.0 Å². The number of anilines is 4. The van der Waals surface area contributed by atoms with Crippen molar-refractivity contribution in [1.82, 2.24) is 15.1 Å². The number of nitrogens with zero attached hydrogens (tertiary/aromatic N) is 4. The first kappa shape index (κ1) is 19.6. The first-order chi connectivity index (χ1) is 13.2. The molecular weight excluding hydrogens is 380 g/mol. The summed E-state index contributed by atoms with van der Waals surface area (Å²) >= 11 is 0. The molecule has 2 N–H and O–H groups in total. The van der Waals surface area contributed by atoms with Crippen LogP contribution in [0.1, 0.15) is 17.1 Å². The lowest BCUT2D eigenvalue weighted by molar-refractivity contribution is 0.390. The third kappa shape index (κ3) is 4.22. The second-order valence-electron chi connectivity index (χ2n) is 6.55. The number of aromatic nitrogens is 3. The Morgan fingerprint density at radius 1 is 1.00 bits per heavy atom. The Bertz CT molecular complexity index is 1070. The number of aryl methyl sites for hydroxylation is 3. The number of sulfonamides is 1. The fraction of sp³-hybridized carbons (Fsp3) is 0.278. The van der Waals surface area contributed by atoms with E-state index < -0.39 is 10.0 Å². The van der Waals surface area contributed by atoms with E-state index in [1.54, 1.807) is 38.1 Å². The van der Waals surface area contributed by atoms with E-state index in [4.69, 9.17) is 4.52 Å². The molecule has 3 aromatic rings. The van der Waals surface area contributed by atoms with Crippen molar-refractivity contribution < 1.29 is 12.9 Å². The summed E-state index contributed by atoms with van der Waals surface area (Å²) in [6.07, 6.45) is 0. The predicted octanol–water partition coefficient (Wildman–Crippen LogP) is 3.00. The van der Waals surface area contributed by atoms with Crippen LogP contribution in [0.25, 0.3) is 0 Å². The molecule has 0 aliphatic rings. The molecule has 0 amide bonds. The minimum atomic E-state index is -3.78. The second kappa shape index (κ2) is 7.47. The first-order valence-corrected chi connectivity index (χ1v) is 10.00. The Balaban J connectivity index is 1.77. The van der Waals surface area contributed by atoms with Crippen LogP contribution >= 0.6 is 0 Å². The summed E-state index contributed by atoms with van der Waals surface area (Å²) < 4.78 is 32.6. The minimum absolute atomic E-state index is 0.0547. The van der Waals surface area contributed by atoms with Gasteiger partial charge < -0.3 is 14.7 Å². The molecule has 0 bridgehead atoms. The first-order valence-electron chi connectivity index (χ1n) is 8.51. The van der Waals surface area contributed by atoms with Gasteiger partial charge in [-0.05, 0) is 45.0 Å². The molecule has 0 saturated carbocycles. The van der Waals surface area contributed by atoms with Crippen LogP contribution in [0, 0.1) is 20.8 Å². The van der Waals surface area contributed by atoms with Crippen molar-refractivity contribution in [3.63, 3.8) is 0 Å². The van der Waals surface area contributed by atoms with Gasteiger partial charge in [0.05, 0.1) is 0 Å². The molecule has 10 heteroatoms. The summed E-state index contributed by atoms with van der Waals surface area (Å²) in [6.45, 7) is 5.04. The summed E-state index contributed by atoms with van der Waals surface area (Å²) in [5.41, 5.74) is 2.31. The molecule has 9 nitrogen and oxygen atoms in total. The molecule has 148 valence electrons. The van der Waals surface area contributed by atoms with Crippen LogP contribution in [0.5, 0.6) is 0 Å². The quantitative estimate of drug-likeness (QED) is 0.647. The van der Waals surface area contributed by atoms with Gasteiger partial charge in [0.2, 0.25) is 5.95 Å². The molecule has 0 aliphatic heterocycles. The van der Waals surface area contributed by atoms with E-state index in [9.17, 15) is 8.42 Å². The number of rotatable bonds is 6. The summed E-state index contributed by atoms with van der Waals surface area (Å²) in [4.78, 5) is 10.8. The van der Waals surface area contributed by atoms with Crippen LogP contribution in [0.15, 0.2) is 39.8 Å². The van der Waals surface area contributed by atoms with Gasteiger partial charge in [-0.2, -0.15) is 4.98 Å². The Kier molecular flexibility index (Phi) is 5.23. The number of benzene rings is 1. The fourth-order valence-corrected chi connectivity index (χ4v) is 4.04. The number of hydrogen-bond acceptors (Lipinski definition) is 8. The Morgan fingerprint density at radius 2 is 1.64 bits per heavy atom. The third-order valence-corrected chi connectivity index (χ3v) is 5.55. The molecule has 0 spiro atoms. The predicted molar refractivity (Wildman–Crippen MR) is 108 cm³/mol. The lowest BCUT2D eigenvalue weighted by atomic mass is 10.3. The lowest BCUT2D eigenvalue weighted by Gasteiger charge is -2.14. The average Bonchev–Trinajstić information content (AvgIpc) is 2.95. The van der Waals surface area contributed by atoms with E-state index >= 15 is 0 Å². The van der Waals surface area contributed by atoms with Crippen LogP contribution in [0.4, 0.5) is 23.1 Å². The van der Waals surface area contributed by atoms with E-state index in [2.05, 4.69) is 25.2 Å². The highest BCUT2D eigenvalue weighted by atomic mass is 32.2. The summed E-state index contributed by atoms with van der Waals surface area (Å²) in [7, 11) is 0.0356. The SMILES string of the molecule is Cc1cc(N(C)C)nc(Nc2ccc(NS(=O)(=O)c3c(C)noc3C)cc2)n1. The fourth-order valence-electron chi connectivity index (χ4n) is 2.65. The van der Waals surface area contributed by atoms with E-state index in [1.165, 1.54) is 0 Å². The maximum Gasteiger partial charge on any atom is 0.267 e. The van der Waals surface area contributed by atoms with Gasteiger partial charge in [0, 0.05) is 37.2 Å². The van der Waals surface area contributed by atoms with Gasteiger partial charge in [-0.1, -0.05) is 5.16 Å². The monoisotopic (exact) mass is 402 g/mol. The summed E-state index contributed by atoms with van der Waals surface area (Å²) in [5.74, 6) is 1.50. The smallest absolute Gasteiger partial charge is 0.267 e. The van der Waals surface area contributed by atoms with E-state index in [-0.39, 0.29) is 10.7 Å². The van der Waals surface area contributed by atoms with Gasteiger partial charge in [-0.25, -0.2) is 13.4 Å². The van der Waals surface area contributed by atoms with E-state index in [0.717, 1.165) is 17.2 Å². The molecule has 0 saturated heterocycles. The highest BCUT2D eigenvalue weighted by molar-refractivity contribution is 7.92. The number of nitrogens with one attached hydrogen (secondary N) is 2. The van der Waals surface area contributed by atoms with Crippen LogP contribution in [0.3, 0.4) is 0 Å². The van der Waals surface area contributed by atoms with Gasteiger partial charge in [0.15, 0.2) is 10.7 Å². The van der Waals surface area contributed by atoms with Crippen molar-refractivity contribution in [2.24, 2.45) is 0 Å². The average molecular weight is 402 g/mol. The van der Waals surface area contributed by atoms with Gasteiger partial charge in [0.25, 0.3) is 10.0 Å². The molecule has 0 fully saturated rings. The molecule has 0 aliphatic carbocycles. The van der Waals surface area contributed by atoms with Crippen molar-refractivity contribution in [2.45, 2.75) is 25.7 Å². The highest BCUT2D eigenvalue weighted by Gasteiger charge is 2.24. The second-order valence-corrected chi connectivity index (χ2v) is 8.17. The van der Waals surface area contributed by atoms with Crippen molar-refractivity contribution in [1.29, 1.82) is 0 Å². The molecule has 0 atom stereocenters. The van der Waals surface area contributed by atoms with Gasteiger partial charge in [-0.15, -0.1) is 0 Å². The maximum atomic E-state index is 12.6. The van der Waals surface area contributed by atoms with Crippen molar-refractivity contribution >= 4 is 33.2 Å². The molecular formula is C18H22N6O3S. The van der Waals surface area contributed by atoms with Crippen LogP contribution in [0.2, 0.25) is 0 Å². The zero-order valence-electron chi connectivity index (χ0n) is 16.3. The maximum absolute atomic E-state index is 12.6. The molecule has 28 heavy (non-hydrogen) atoms. The standard InChI is InChI=1S/C18H22N6O3S/c1-11-10-16(24(4)5)21-18(19-11)20-14-6-8-15(9-7-14)23-28(25,26)17-12(2)22-27-13(17)3/h6-10,23H,1-5H3,(H,19,20,21). The molecule has 1 aromatic carbocycles. The Hall–Kier alpha value is -3.14. The molecule has 0 unspecified atom stereocenters. The van der Waals surface area contributed by atoms with Crippen LogP contribution in [-0.4, -0.2) is 37.6 Å². The minimum Gasteiger partial charge on any atom is -0.363 e. The summed E-state index contributed by atoms with van der Waals surface area (Å²) in [6, 6.07) is 8.68. The van der Waals surface area contributed by atoms with Gasteiger partial charge in [0.1, 0.15) is 11.5 Å². The zero-order chi connectivity index (χ0) is 20.5. The topological polar surface area (TPSA) is 113 Å². The van der Waals surface area contributed by atoms with Gasteiger partial charge in [-0.3, -0.25) is 4.72 Å². The van der Waals surface area contributed by atoms with Crippen LogP contribution < -0.4 is 14.9 Å². The molecule has 2 heterocycles. The summed E-state index contributed by atoms with van der Waals surface area (Å²) in [5, 5.41) is 6.81. The largest absolute Gasteiger partial charge is 0.363 e. The van der Waals surface area contributed by atoms with E-state index in [1.807, 2.05) is 32.0 Å². The Morgan fingerprint density at radius 3 is 2.21 bits per heavy atom. The Labute approximate surface area is 163 Å². The highest BCUT2D eigenvalue weighted by Crippen LogP contribution is 2.24. The molecule has 2 aromatic heterocycles. The zero-order valence-corrected chi connectivity index (χ0v) is 17.1. The number of hydrogen-bond donors (Lipinski definition) is 2. The van der Waals surface area contributed by atoms with Crippen LogP contribution in [-0.2, 0) is 10.0 Å². The normalized spacial score (nSPS) is 11.3. The third-order valence-electron chi connectivity index (χ3n) is 3.93. The van der Waals surface area contributed by atoms with Crippen molar-refractivity contribution in [3.8, 4) is 0 Å².